The maximum Gasteiger partial charge on any atom is 0.416 e. The molecule has 0 atom stereocenters. The number of hydrazine groups is 1. The van der Waals surface area contributed by atoms with E-state index in [0.29, 0.717) is 18.4 Å². The minimum absolute atomic E-state index is 0.0139. The van der Waals surface area contributed by atoms with E-state index in [1.807, 2.05) is 6.92 Å². The van der Waals surface area contributed by atoms with Crippen LogP contribution < -0.4 is 16.9 Å². The Labute approximate surface area is 174 Å². The summed E-state index contributed by atoms with van der Waals surface area (Å²) in [6, 6.07) is 3.98. The van der Waals surface area contributed by atoms with Crippen molar-refractivity contribution in [2.24, 2.45) is 5.84 Å². The Morgan fingerprint density at radius 2 is 1.81 bits per heavy atom. The van der Waals surface area contributed by atoms with E-state index in [-0.39, 0.29) is 23.0 Å². The van der Waals surface area contributed by atoms with Crippen LogP contribution in [0.15, 0.2) is 54.1 Å². The fourth-order valence-electron chi connectivity index (χ4n) is 2.89. The fraction of sp³-hybridized carbons (Fsp3) is 0.200. The third kappa shape index (κ3) is 5.00. The van der Waals surface area contributed by atoms with Crippen molar-refractivity contribution >= 4 is 22.9 Å². The van der Waals surface area contributed by atoms with E-state index in [9.17, 15) is 22.0 Å². The van der Waals surface area contributed by atoms with Gasteiger partial charge in [-0.15, -0.1) is 0 Å². The highest BCUT2D eigenvalue weighted by molar-refractivity contribution is 5.70. The molecule has 0 amide bonds. The Balaban J connectivity index is 2.03. The molecule has 0 aliphatic carbocycles. The Morgan fingerprint density at radius 3 is 2.42 bits per heavy atom. The lowest BCUT2D eigenvalue weighted by atomic mass is 10.1. The van der Waals surface area contributed by atoms with Crippen molar-refractivity contribution in [1.82, 2.24) is 15.0 Å². The molecule has 0 fully saturated rings. The van der Waals surface area contributed by atoms with Crippen LogP contribution in [0.1, 0.15) is 31.2 Å². The number of nitrogens with two attached hydrogens (primary N) is 2. The number of rotatable bonds is 5. The Kier molecular flexibility index (Phi) is 6.25. The molecule has 3 rings (SSSR count). The van der Waals surface area contributed by atoms with Crippen LogP contribution in [-0.2, 0) is 6.18 Å². The molecule has 0 spiro atoms. The minimum atomic E-state index is -4.50. The average molecular weight is 438 g/mol. The van der Waals surface area contributed by atoms with Crippen molar-refractivity contribution in [2.45, 2.75) is 25.9 Å². The summed E-state index contributed by atoms with van der Waals surface area (Å²) in [5.74, 6) is 3.58. The van der Waals surface area contributed by atoms with Gasteiger partial charge in [0.15, 0.2) is 17.5 Å². The van der Waals surface area contributed by atoms with Gasteiger partial charge in [-0.2, -0.15) is 17.6 Å². The summed E-state index contributed by atoms with van der Waals surface area (Å²) in [6.45, 7) is 1.87. The van der Waals surface area contributed by atoms with Crippen molar-refractivity contribution < 1.29 is 22.0 Å². The van der Waals surface area contributed by atoms with Crippen LogP contribution in [0.5, 0.6) is 0 Å². The topological polar surface area (TPSA) is 93.1 Å². The summed E-state index contributed by atoms with van der Waals surface area (Å²) in [5.41, 5.74) is 5.70. The number of aromatic nitrogens is 2. The number of nitrogens with one attached hydrogen (secondary N) is 1. The first-order valence-corrected chi connectivity index (χ1v) is 9.20. The largest absolute Gasteiger partial charge is 0.416 e. The molecule has 6 nitrogen and oxygen atoms in total. The van der Waals surface area contributed by atoms with Gasteiger partial charge in [0, 0.05) is 17.5 Å². The van der Waals surface area contributed by atoms with Gasteiger partial charge >= 0.3 is 6.18 Å². The number of alkyl halides is 3. The van der Waals surface area contributed by atoms with Gasteiger partial charge < -0.3 is 11.1 Å². The summed E-state index contributed by atoms with van der Waals surface area (Å²) < 4.78 is 66.6. The second-order valence-electron chi connectivity index (χ2n) is 6.66. The van der Waals surface area contributed by atoms with Gasteiger partial charge in [-0.05, 0) is 42.8 Å². The molecule has 0 saturated heterocycles. The van der Waals surface area contributed by atoms with Crippen LogP contribution in [0, 0.1) is 5.82 Å². The summed E-state index contributed by atoms with van der Waals surface area (Å²) in [5, 5.41) is 3.79. The normalized spacial score (nSPS) is 15.7. The van der Waals surface area contributed by atoms with Crippen LogP contribution >= 0.6 is 0 Å². The maximum atomic E-state index is 14.5. The Morgan fingerprint density at radius 1 is 1.13 bits per heavy atom. The monoisotopic (exact) mass is 438 g/mol. The summed E-state index contributed by atoms with van der Waals surface area (Å²) in [7, 11) is 0. The second kappa shape index (κ2) is 8.72. The van der Waals surface area contributed by atoms with E-state index in [1.165, 1.54) is 23.4 Å². The lowest BCUT2D eigenvalue weighted by Gasteiger charge is -2.22. The number of nitrogens with zero attached hydrogens (tertiary/aromatic N) is 3. The fourth-order valence-corrected chi connectivity index (χ4v) is 2.89. The summed E-state index contributed by atoms with van der Waals surface area (Å²) in [4.78, 5) is 8.10. The molecule has 2 heterocycles. The first-order valence-electron chi connectivity index (χ1n) is 9.20. The molecular weight excluding hydrogens is 419 g/mol. The SMILES string of the molecule is CCC/C(=C1/C=C(F)C=CN1N)c1nc(N)c(F)c(Nc2ccc(C(F)(F)F)cc2)n1. The van der Waals surface area contributed by atoms with Crippen molar-refractivity contribution in [3.63, 3.8) is 0 Å². The first kappa shape index (κ1) is 22.2. The van der Waals surface area contributed by atoms with Gasteiger partial charge in [0.25, 0.3) is 0 Å². The lowest BCUT2D eigenvalue weighted by Crippen LogP contribution is -2.26. The number of anilines is 3. The summed E-state index contributed by atoms with van der Waals surface area (Å²) >= 11 is 0. The van der Waals surface area contributed by atoms with Crippen LogP contribution in [0.2, 0.25) is 0 Å². The van der Waals surface area contributed by atoms with Gasteiger partial charge in [0.2, 0.25) is 5.82 Å². The third-order valence-corrected chi connectivity index (χ3v) is 4.38. The molecule has 1 aromatic carbocycles. The molecule has 5 N–H and O–H groups in total. The van der Waals surface area contributed by atoms with Crippen LogP contribution in [0.25, 0.3) is 5.57 Å². The zero-order chi connectivity index (χ0) is 22.8. The second-order valence-corrected chi connectivity index (χ2v) is 6.66. The molecule has 0 unspecified atom stereocenters. The van der Waals surface area contributed by atoms with Crippen molar-refractivity contribution in [2.75, 3.05) is 11.1 Å². The van der Waals surface area contributed by atoms with Crippen molar-refractivity contribution in [1.29, 1.82) is 0 Å². The standard InChI is InChI=1S/C20H19F5N6/c1-2-3-14(15-10-12(21)8-9-31(15)27)18-29-17(26)16(22)19(30-18)28-13-6-4-11(5-7-13)20(23,24)25/h4-10H,2-3,27H2,1H3,(H3,26,28,29,30)/b15-14+. The van der Waals surface area contributed by atoms with Crippen LogP contribution in [0.4, 0.5) is 39.3 Å². The van der Waals surface area contributed by atoms with Gasteiger partial charge in [-0.3, -0.25) is 5.01 Å². The van der Waals surface area contributed by atoms with Crippen LogP contribution in [0.3, 0.4) is 0 Å². The average Bonchev–Trinajstić information content (AvgIpc) is 2.71. The predicted octanol–water partition coefficient (Wildman–Crippen LogP) is 5.03. The number of hydrogen-bond acceptors (Lipinski definition) is 6. The zero-order valence-corrected chi connectivity index (χ0v) is 16.3. The molecule has 0 saturated carbocycles. The van der Waals surface area contributed by atoms with Gasteiger partial charge in [-0.1, -0.05) is 13.3 Å². The smallest absolute Gasteiger partial charge is 0.381 e. The predicted molar refractivity (Wildman–Crippen MR) is 107 cm³/mol. The number of nitrogen functional groups attached to an aromatic ring is 1. The number of allylic oxidation sites excluding steroid dienone is 4. The Bertz CT molecular complexity index is 1060. The number of hydrogen-bond donors (Lipinski definition) is 3. The molecular formula is C20H19F5N6. The molecule has 2 aromatic rings. The molecule has 31 heavy (non-hydrogen) atoms. The highest BCUT2D eigenvalue weighted by Crippen LogP contribution is 2.32. The van der Waals surface area contributed by atoms with Crippen LogP contribution in [-0.4, -0.2) is 15.0 Å². The van der Waals surface area contributed by atoms with E-state index in [0.717, 1.165) is 24.3 Å². The molecule has 0 bridgehead atoms. The maximum absolute atomic E-state index is 14.5. The Hall–Kier alpha value is -3.47. The zero-order valence-electron chi connectivity index (χ0n) is 16.3. The lowest BCUT2D eigenvalue weighted by molar-refractivity contribution is -0.137. The highest BCUT2D eigenvalue weighted by atomic mass is 19.4. The number of benzene rings is 1. The number of halogens is 5. The highest BCUT2D eigenvalue weighted by Gasteiger charge is 2.30. The molecule has 1 aliphatic rings. The van der Waals surface area contributed by atoms with E-state index in [1.54, 1.807) is 0 Å². The summed E-state index contributed by atoms with van der Waals surface area (Å²) in [6.07, 6.45) is 0.179. The first-order chi connectivity index (χ1) is 14.6. The van der Waals surface area contributed by atoms with Gasteiger partial charge in [-0.25, -0.2) is 20.2 Å². The minimum Gasteiger partial charge on any atom is -0.381 e. The van der Waals surface area contributed by atoms with E-state index in [2.05, 4.69) is 15.3 Å². The third-order valence-electron chi connectivity index (χ3n) is 4.38. The molecule has 11 heteroatoms. The van der Waals surface area contributed by atoms with Crippen molar-refractivity contribution in [3.05, 3.63) is 71.3 Å². The van der Waals surface area contributed by atoms with E-state index in [4.69, 9.17) is 11.6 Å². The van der Waals surface area contributed by atoms with E-state index < -0.39 is 29.2 Å². The molecule has 164 valence electrons. The van der Waals surface area contributed by atoms with Gasteiger partial charge in [0.05, 0.1) is 11.3 Å². The van der Waals surface area contributed by atoms with Gasteiger partial charge in [0.1, 0.15) is 5.83 Å². The molecule has 0 radical (unpaired) electrons. The van der Waals surface area contributed by atoms with Crippen molar-refractivity contribution in [3.8, 4) is 0 Å². The molecule has 1 aromatic heterocycles. The quantitative estimate of drug-likeness (QED) is 0.448. The van der Waals surface area contributed by atoms with E-state index >= 15 is 0 Å². The molecule has 1 aliphatic heterocycles.